The van der Waals surface area contributed by atoms with Gasteiger partial charge in [-0.25, -0.2) is 9.59 Å². The molecule has 0 spiro atoms. The third-order valence-electron chi connectivity index (χ3n) is 2.44. The Bertz CT molecular complexity index is 583. The first-order chi connectivity index (χ1) is 10.6. The van der Waals surface area contributed by atoms with E-state index in [1.54, 1.807) is 20.8 Å². The molecule has 0 aromatic carbocycles. The van der Waals surface area contributed by atoms with Crippen LogP contribution in [0.3, 0.4) is 0 Å². The van der Waals surface area contributed by atoms with Crippen molar-refractivity contribution in [2.24, 2.45) is 0 Å². The van der Waals surface area contributed by atoms with Crippen molar-refractivity contribution in [3.8, 4) is 0 Å². The summed E-state index contributed by atoms with van der Waals surface area (Å²) in [6, 6.07) is 1.82. The van der Waals surface area contributed by atoms with Crippen LogP contribution in [0, 0.1) is 5.41 Å². The molecule has 0 fully saturated rings. The number of alkyl carbamates (subject to hydrolysis) is 2. The molecule has 23 heavy (non-hydrogen) atoms. The molecule has 7 nitrogen and oxygen atoms in total. The monoisotopic (exact) mass is 337 g/mol. The number of hydrogen-bond donors (Lipinski definition) is 3. The third kappa shape index (κ3) is 7.69. The second-order valence-electron chi connectivity index (χ2n) is 5.91. The van der Waals surface area contributed by atoms with Gasteiger partial charge in [-0.3, -0.25) is 16.0 Å². The molecule has 0 saturated heterocycles. The molecular formula is C14H20BN3O4S. The van der Waals surface area contributed by atoms with E-state index < -0.39 is 23.7 Å². The van der Waals surface area contributed by atoms with Crippen LogP contribution in [0.25, 0.3) is 0 Å². The highest BCUT2D eigenvalue weighted by molar-refractivity contribution is 7.11. The maximum absolute atomic E-state index is 11.6. The van der Waals surface area contributed by atoms with Crippen molar-refractivity contribution in [3.05, 3.63) is 16.3 Å². The van der Waals surface area contributed by atoms with Gasteiger partial charge in [0.1, 0.15) is 20.1 Å². The normalized spacial score (nSPS) is 12.2. The summed E-state index contributed by atoms with van der Waals surface area (Å²) in [7, 11) is 5.64. The summed E-state index contributed by atoms with van der Waals surface area (Å²) in [5.74, 6) is -0.534. The maximum atomic E-state index is 11.6. The van der Waals surface area contributed by atoms with E-state index in [2.05, 4.69) is 10.6 Å². The van der Waals surface area contributed by atoms with Gasteiger partial charge in [0.15, 0.2) is 0 Å². The fraction of sp³-hybridized carbons (Fsp3) is 0.500. The molecular weight excluding hydrogens is 317 g/mol. The molecule has 1 aromatic rings. The maximum Gasteiger partial charge on any atom is 0.414 e. The van der Waals surface area contributed by atoms with Crippen LogP contribution in [0.15, 0.2) is 11.4 Å². The smallest absolute Gasteiger partial charge is 0.414 e. The first-order valence-electron chi connectivity index (χ1n) is 6.93. The molecule has 2 amide bonds. The van der Waals surface area contributed by atoms with Crippen LogP contribution in [0.2, 0.25) is 0 Å². The molecule has 1 atom stereocenters. The van der Waals surface area contributed by atoms with Crippen molar-refractivity contribution < 1.29 is 19.1 Å². The summed E-state index contributed by atoms with van der Waals surface area (Å²) in [5, 5.41) is 13.5. The molecule has 1 aromatic heterocycles. The van der Waals surface area contributed by atoms with Crippen LogP contribution < -0.4 is 16.1 Å². The molecule has 1 heterocycles. The van der Waals surface area contributed by atoms with Crippen molar-refractivity contribution in [3.63, 3.8) is 0 Å². The SMILES string of the molecule is [B]c1csc(C(C)COC(=O)NC(=N)NC(=O)OC(C)(C)C)c1. The highest BCUT2D eigenvalue weighted by atomic mass is 32.1. The van der Waals surface area contributed by atoms with Crippen molar-refractivity contribution >= 4 is 42.8 Å². The molecule has 3 N–H and O–H groups in total. The second kappa shape index (κ2) is 8.00. The summed E-state index contributed by atoms with van der Waals surface area (Å²) < 4.78 is 9.96. The zero-order valence-electron chi connectivity index (χ0n) is 13.6. The Labute approximate surface area is 140 Å². The molecule has 0 aliphatic heterocycles. The molecule has 1 unspecified atom stereocenters. The van der Waals surface area contributed by atoms with E-state index in [0.29, 0.717) is 5.46 Å². The predicted octanol–water partition coefficient (Wildman–Crippen LogP) is 1.83. The van der Waals surface area contributed by atoms with Gasteiger partial charge in [-0.05, 0) is 26.2 Å². The zero-order chi connectivity index (χ0) is 17.6. The van der Waals surface area contributed by atoms with Crippen LogP contribution in [-0.4, -0.2) is 38.2 Å². The quantitative estimate of drug-likeness (QED) is 0.445. The number of thiophene rings is 1. The summed E-state index contributed by atoms with van der Waals surface area (Å²) in [4.78, 5) is 24.0. The predicted molar refractivity (Wildman–Crippen MR) is 89.7 cm³/mol. The van der Waals surface area contributed by atoms with Crippen LogP contribution >= 0.6 is 11.3 Å². The number of hydrogen-bond acceptors (Lipinski definition) is 6. The van der Waals surface area contributed by atoms with E-state index in [4.69, 9.17) is 22.7 Å². The lowest BCUT2D eigenvalue weighted by atomic mass is 9.99. The molecule has 0 aliphatic carbocycles. The summed E-state index contributed by atoms with van der Waals surface area (Å²) in [5.41, 5.74) is -0.0206. The average molecular weight is 337 g/mol. The average Bonchev–Trinajstić information content (AvgIpc) is 2.80. The fourth-order valence-corrected chi connectivity index (χ4v) is 2.33. The van der Waals surface area contributed by atoms with Crippen molar-refractivity contribution in [1.29, 1.82) is 5.41 Å². The molecule has 2 radical (unpaired) electrons. The number of guanidine groups is 1. The molecule has 0 saturated carbocycles. The van der Waals surface area contributed by atoms with E-state index in [9.17, 15) is 9.59 Å². The first-order valence-corrected chi connectivity index (χ1v) is 7.81. The van der Waals surface area contributed by atoms with Gasteiger partial charge >= 0.3 is 12.2 Å². The lowest BCUT2D eigenvalue weighted by Gasteiger charge is -2.19. The molecule has 0 aliphatic rings. The van der Waals surface area contributed by atoms with Crippen molar-refractivity contribution in [2.45, 2.75) is 39.2 Å². The lowest BCUT2D eigenvalue weighted by Crippen LogP contribution is -2.45. The highest BCUT2D eigenvalue weighted by Gasteiger charge is 2.18. The minimum Gasteiger partial charge on any atom is -0.449 e. The van der Waals surface area contributed by atoms with Gasteiger partial charge in [0.05, 0.1) is 0 Å². The minimum absolute atomic E-state index is 0.0175. The van der Waals surface area contributed by atoms with Crippen molar-refractivity contribution in [1.82, 2.24) is 10.6 Å². The molecule has 1 rings (SSSR count). The molecule has 9 heteroatoms. The van der Waals surface area contributed by atoms with Gasteiger partial charge in [-0.2, -0.15) is 0 Å². The zero-order valence-corrected chi connectivity index (χ0v) is 14.4. The van der Waals surface area contributed by atoms with Crippen LogP contribution in [-0.2, 0) is 9.47 Å². The van der Waals surface area contributed by atoms with Gasteiger partial charge in [0.25, 0.3) is 0 Å². The van der Waals surface area contributed by atoms with Gasteiger partial charge < -0.3 is 9.47 Å². The molecule has 0 bridgehead atoms. The number of ether oxygens (including phenoxy) is 2. The van der Waals surface area contributed by atoms with Gasteiger partial charge in [-0.1, -0.05) is 18.5 Å². The van der Waals surface area contributed by atoms with Crippen LogP contribution in [0.5, 0.6) is 0 Å². The number of rotatable bonds is 3. The minimum atomic E-state index is -0.831. The largest absolute Gasteiger partial charge is 0.449 e. The Hall–Kier alpha value is -2.03. The number of amides is 2. The number of carbonyl (C=O) groups is 2. The fourth-order valence-electron chi connectivity index (χ4n) is 1.48. The van der Waals surface area contributed by atoms with E-state index in [-0.39, 0.29) is 12.5 Å². The second-order valence-corrected chi connectivity index (χ2v) is 6.85. The van der Waals surface area contributed by atoms with Crippen LogP contribution in [0.1, 0.15) is 38.5 Å². The Morgan fingerprint density at radius 2 is 1.96 bits per heavy atom. The van der Waals surface area contributed by atoms with Crippen LogP contribution in [0.4, 0.5) is 9.59 Å². The van der Waals surface area contributed by atoms with E-state index >= 15 is 0 Å². The van der Waals surface area contributed by atoms with Crippen molar-refractivity contribution in [2.75, 3.05) is 6.61 Å². The summed E-state index contributed by atoms with van der Waals surface area (Å²) >= 11 is 1.48. The number of carbonyl (C=O) groups excluding carboxylic acids is 2. The summed E-state index contributed by atoms with van der Waals surface area (Å²) in [6.45, 7) is 7.10. The topological polar surface area (TPSA) is 101 Å². The van der Waals surface area contributed by atoms with Gasteiger partial charge in [-0.15, -0.1) is 11.3 Å². The Kier molecular flexibility index (Phi) is 6.62. The van der Waals surface area contributed by atoms with E-state index in [1.165, 1.54) is 11.3 Å². The highest BCUT2D eigenvalue weighted by Crippen LogP contribution is 2.19. The third-order valence-corrected chi connectivity index (χ3v) is 3.63. The van der Waals surface area contributed by atoms with E-state index in [1.807, 2.05) is 18.4 Å². The number of nitrogens with one attached hydrogen (secondary N) is 3. The summed E-state index contributed by atoms with van der Waals surface area (Å²) in [6.07, 6.45) is -1.66. The first kappa shape index (κ1) is 19.0. The standard InChI is InChI=1S/C14H20BN3O4S/c1-8(10-5-9(15)7-23-10)6-21-12(19)17-11(16)18-13(20)22-14(2,3)4/h5,7-8H,6H2,1-4H3,(H3,16,17,18,19,20). The Morgan fingerprint density at radius 1 is 1.35 bits per heavy atom. The van der Waals surface area contributed by atoms with Gasteiger partial charge in [0.2, 0.25) is 5.96 Å². The van der Waals surface area contributed by atoms with E-state index in [0.717, 1.165) is 4.88 Å². The Balaban J connectivity index is 2.33. The van der Waals surface area contributed by atoms with Gasteiger partial charge in [0, 0.05) is 10.8 Å². The lowest BCUT2D eigenvalue weighted by molar-refractivity contribution is 0.0561. The Morgan fingerprint density at radius 3 is 2.48 bits per heavy atom. The molecule has 124 valence electrons.